The van der Waals surface area contributed by atoms with Gasteiger partial charge >= 0.3 is 0 Å². The number of aromatic nitrogens is 2. The van der Waals surface area contributed by atoms with E-state index in [0.29, 0.717) is 11.0 Å². The normalized spacial score (nSPS) is 11.6. The van der Waals surface area contributed by atoms with E-state index in [1.54, 1.807) is 6.33 Å². The number of rotatable bonds is 4. The largest absolute Gasteiger partial charge is 0.330 e. The molecule has 0 unspecified atom stereocenters. The molecule has 0 N–H and O–H groups in total. The highest BCUT2D eigenvalue weighted by molar-refractivity contribution is 5.75. The van der Waals surface area contributed by atoms with Gasteiger partial charge in [0.05, 0.1) is 17.4 Å². The SMILES string of the molecule is CN(C)CCCn1cnc2cc(F)c(F)cc21. The summed E-state index contributed by atoms with van der Waals surface area (Å²) in [4.78, 5) is 6.14. The fraction of sp³-hybridized carbons (Fsp3) is 0.417. The van der Waals surface area contributed by atoms with E-state index in [-0.39, 0.29) is 0 Å². The first kappa shape index (κ1) is 12.0. The summed E-state index contributed by atoms with van der Waals surface area (Å²) in [7, 11) is 4.00. The second-order valence-electron chi connectivity index (χ2n) is 4.35. The van der Waals surface area contributed by atoms with E-state index < -0.39 is 11.6 Å². The Bertz CT molecular complexity index is 520. The maximum atomic E-state index is 13.1. The maximum absolute atomic E-state index is 13.1. The fourth-order valence-corrected chi connectivity index (χ4v) is 1.79. The Morgan fingerprint density at radius 3 is 2.65 bits per heavy atom. The van der Waals surface area contributed by atoms with Crippen LogP contribution < -0.4 is 0 Å². The zero-order valence-corrected chi connectivity index (χ0v) is 9.95. The van der Waals surface area contributed by atoms with Crippen LogP contribution in [-0.4, -0.2) is 35.1 Å². The topological polar surface area (TPSA) is 21.1 Å². The number of aryl methyl sites for hydroxylation is 1. The van der Waals surface area contributed by atoms with Gasteiger partial charge in [-0.25, -0.2) is 13.8 Å². The molecule has 3 nitrogen and oxygen atoms in total. The molecule has 1 heterocycles. The van der Waals surface area contributed by atoms with Crippen molar-refractivity contribution in [1.29, 1.82) is 0 Å². The average Bonchev–Trinajstić information content (AvgIpc) is 2.62. The molecule has 1 aromatic heterocycles. The first-order valence-electron chi connectivity index (χ1n) is 5.52. The van der Waals surface area contributed by atoms with Crippen LogP contribution in [0.4, 0.5) is 8.78 Å². The molecule has 0 bridgehead atoms. The third-order valence-electron chi connectivity index (χ3n) is 2.67. The van der Waals surface area contributed by atoms with Crippen molar-refractivity contribution in [1.82, 2.24) is 14.5 Å². The van der Waals surface area contributed by atoms with Crippen LogP contribution in [-0.2, 0) is 6.54 Å². The fourth-order valence-electron chi connectivity index (χ4n) is 1.79. The van der Waals surface area contributed by atoms with Crippen molar-refractivity contribution in [2.75, 3.05) is 20.6 Å². The Morgan fingerprint density at radius 1 is 1.24 bits per heavy atom. The molecule has 2 rings (SSSR count). The third-order valence-corrected chi connectivity index (χ3v) is 2.67. The van der Waals surface area contributed by atoms with E-state index in [1.807, 2.05) is 18.7 Å². The van der Waals surface area contributed by atoms with E-state index in [0.717, 1.165) is 25.6 Å². The minimum absolute atomic E-state index is 0.494. The zero-order chi connectivity index (χ0) is 12.4. The van der Waals surface area contributed by atoms with Gasteiger partial charge in [0.15, 0.2) is 11.6 Å². The third kappa shape index (κ3) is 2.61. The predicted molar refractivity (Wildman–Crippen MR) is 62.8 cm³/mol. The molecular weight excluding hydrogens is 224 g/mol. The Hall–Kier alpha value is -1.49. The van der Waals surface area contributed by atoms with Crippen LogP contribution >= 0.6 is 0 Å². The monoisotopic (exact) mass is 239 g/mol. The maximum Gasteiger partial charge on any atom is 0.161 e. The van der Waals surface area contributed by atoms with Crippen molar-refractivity contribution in [2.45, 2.75) is 13.0 Å². The highest BCUT2D eigenvalue weighted by atomic mass is 19.2. The molecule has 0 spiro atoms. The standard InChI is InChI=1S/C12H15F2N3/c1-16(2)4-3-5-17-8-15-11-6-9(13)10(14)7-12(11)17/h6-8H,3-5H2,1-2H3. The van der Waals surface area contributed by atoms with Gasteiger partial charge in [-0.1, -0.05) is 0 Å². The van der Waals surface area contributed by atoms with Gasteiger partial charge in [0.25, 0.3) is 0 Å². The van der Waals surface area contributed by atoms with Crippen LogP contribution in [0.15, 0.2) is 18.5 Å². The number of benzene rings is 1. The number of hydrogen-bond donors (Lipinski definition) is 0. The molecule has 0 saturated heterocycles. The summed E-state index contributed by atoms with van der Waals surface area (Å²) in [5.74, 6) is -1.68. The highest BCUT2D eigenvalue weighted by Gasteiger charge is 2.08. The van der Waals surface area contributed by atoms with E-state index in [2.05, 4.69) is 9.88 Å². The average molecular weight is 239 g/mol. The van der Waals surface area contributed by atoms with Crippen molar-refractivity contribution in [3.05, 3.63) is 30.1 Å². The molecule has 0 aliphatic rings. The van der Waals surface area contributed by atoms with Crippen molar-refractivity contribution >= 4 is 11.0 Å². The molecule has 0 fully saturated rings. The lowest BCUT2D eigenvalue weighted by Crippen LogP contribution is -2.14. The van der Waals surface area contributed by atoms with Crippen LogP contribution in [0.3, 0.4) is 0 Å². The molecule has 2 aromatic rings. The van der Waals surface area contributed by atoms with E-state index in [1.165, 1.54) is 6.07 Å². The first-order chi connectivity index (χ1) is 8.08. The number of fused-ring (bicyclic) bond motifs is 1. The van der Waals surface area contributed by atoms with Crippen molar-refractivity contribution in [3.8, 4) is 0 Å². The summed E-state index contributed by atoms with van der Waals surface area (Å²) in [5, 5.41) is 0. The molecule has 92 valence electrons. The molecule has 0 amide bonds. The zero-order valence-electron chi connectivity index (χ0n) is 9.95. The number of nitrogens with zero attached hydrogens (tertiary/aromatic N) is 3. The van der Waals surface area contributed by atoms with Gasteiger partial charge in [-0.15, -0.1) is 0 Å². The molecule has 17 heavy (non-hydrogen) atoms. The first-order valence-corrected chi connectivity index (χ1v) is 5.52. The summed E-state index contributed by atoms with van der Waals surface area (Å²) < 4.78 is 28.0. The van der Waals surface area contributed by atoms with Gasteiger partial charge in [-0.3, -0.25) is 0 Å². The molecular formula is C12H15F2N3. The van der Waals surface area contributed by atoms with E-state index in [4.69, 9.17) is 0 Å². The quantitative estimate of drug-likeness (QED) is 0.816. The second kappa shape index (κ2) is 4.79. The van der Waals surface area contributed by atoms with Crippen LogP contribution in [0.25, 0.3) is 11.0 Å². The second-order valence-corrected chi connectivity index (χ2v) is 4.35. The number of hydrogen-bond acceptors (Lipinski definition) is 2. The van der Waals surface area contributed by atoms with Crippen LogP contribution in [0.5, 0.6) is 0 Å². The summed E-state index contributed by atoms with van der Waals surface area (Å²) >= 11 is 0. The molecule has 5 heteroatoms. The lowest BCUT2D eigenvalue weighted by atomic mass is 10.3. The van der Waals surface area contributed by atoms with Crippen LogP contribution in [0.2, 0.25) is 0 Å². The Balaban J connectivity index is 2.21. The predicted octanol–water partition coefficient (Wildman–Crippen LogP) is 2.27. The van der Waals surface area contributed by atoms with E-state index >= 15 is 0 Å². The summed E-state index contributed by atoms with van der Waals surface area (Å²) in [6.07, 6.45) is 2.57. The lowest BCUT2D eigenvalue weighted by molar-refractivity contribution is 0.387. The van der Waals surface area contributed by atoms with Gasteiger partial charge in [0, 0.05) is 18.7 Å². The molecule has 0 aliphatic carbocycles. The summed E-state index contributed by atoms with van der Waals surface area (Å²) in [5.41, 5.74) is 1.14. The van der Waals surface area contributed by atoms with Crippen molar-refractivity contribution in [3.63, 3.8) is 0 Å². The number of imidazole rings is 1. The minimum Gasteiger partial charge on any atom is -0.330 e. The highest BCUT2D eigenvalue weighted by Crippen LogP contribution is 2.17. The molecule has 1 aromatic carbocycles. The number of halogens is 2. The van der Waals surface area contributed by atoms with Gasteiger partial charge in [0.2, 0.25) is 0 Å². The summed E-state index contributed by atoms with van der Waals surface area (Å²) in [6.45, 7) is 1.70. The Morgan fingerprint density at radius 2 is 1.94 bits per heavy atom. The Kier molecular flexibility index (Phi) is 3.38. The smallest absolute Gasteiger partial charge is 0.161 e. The Labute approximate surface area is 98.7 Å². The van der Waals surface area contributed by atoms with Crippen molar-refractivity contribution < 1.29 is 8.78 Å². The molecule has 0 aliphatic heterocycles. The minimum atomic E-state index is -0.851. The van der Waals surface area contributed by atoms with Crippen LogP contribution in [0.1, 0.15) is 6.42 Å². The van der Waals surface area contributed by atoms with Crippen molar-refractivity contribution in [2.24, 2.45) is 0 Å². The van der Waals surface area contributed by atoms with Gasteiger partial charge in [-0.05, 0) is 27.1 Å². The molecule has 0 radical (unpaired) electrons. The lowest BCUT2D eigenvalue weighted by Gasteiger charge is -2.09. The summed E-state index contributed by atoms with van der Waals surface area (Å²) in [6, 6.07) is 2.33. The van der Waals surface area contributed by atoms with Gasteiger partial charge in [0.1, 0.15) is 0 Å². The van der Waals surface area contributed by atoms with E-state index in [9.17, 15) is 8.78 Å². The van der Waals surface area contributed by atoms with Gasteiger partial charge in [-0.2, -0.15) is 0 Å². The van der Waals surface area contributed by atoms with Crippen LogP contribution in [0, 0.1) is 11.6 Å². The molecule has 0 saturated carbocycles. The van der Waals surface area contributed by atoms with Gasteiger partial charge < -0.3 is 9.47 Å². The molecule has 0 atom stereocenters.